The fraction of sp³-hybridized carbons (Fsp3) is 0.412. The van der Waals surface area contributed by atoms with E-state index in [2.05, 4.69) is 0 Å². The highest BCUT2D eigenvalue weighted by atomic mass is 35.5. The largest absolute Gasteiger partial charge is 0.452 e. The van der Waals surface area contributed by atoms with Crippen LogP contribution in [0.4, 0.5) is 4.39 Å². The number of morpholine rings is 1. The maximum Gasteiger partial charge on any atom is 0.331 e. The number of hydrogen-bond donors (Lipinski definition) is 0. The van der Waals surface area contributed by atoms with Crippen molar-refractivity contribution in [1.82, 2.24) is 4.90 Å². The summed E-state index contributed by atoms with van der Waals surface area (Å²) in [6, 6.07) is 4.08. The second kappa shape index (κ2) is 8.26. The predicted molar refractivity (Wildman–Crippen MR) is 88.0 cm³/mol. The van der Waals surface area contributed by atoms with Crippen LogP contribution in [0.2, 0.25) is 5.02 Å². The minimum Gasteiger partial charge on any atom is -0.452 e. The molecule has 1 fully saturated rings. The van der Waals surface area contributed by atoms with Gasteiger partial charge in [-0.1, -0.05) is 17.7 Å². The van der Waals surface area contributed by atoms with Crippen LogP contribution in [0, 0.1) is 5.82 Å². The van der Waals surface area contributed by atoms with Crippen molar-refractivity contribution in [2.75, 3.05) is 19.7 Å². The highest BCUT2D eigenvalue weighted by Gasteiger charge is 2.26. The number of amides is 1. The maximum atomic E-state index is 13.0. The molecule has 0 saturated carbocycles. The number of carbonyl (C=O) groups is 2. The molecule has 0 radical (unpaired) electrons. The monoisotopic (exact) mass is 355 g/mol. The summed E-state index contributed by atoms with van der Waals surface area (Å²) in [6.07, 6.45) is 2.52. The topological polar surface area (TPSA) is 55.8 Å². The third kappa shape index (κ3) is 5.32. The first-order valence-corrected chi connectivity index (χ1v) is 7.96. The van der Waals surface area contributed by atoms with Gasteiger partial charge in [0.25, 0.3) is 5.91 Å². The molecule has 1 aromatic rings. The van der Waals surface area contributed by atoms with Gasteiger partial charge < -0.3 is 14.4 Å². The molecule has 0 unspecified atom stereocenters. The molecule has 0 aliphatic carbocycles. The molecular weight excluding hydrogens is 337 g/mol. The van der Waals surface area contributed by atoms with E-state index in [9.17, 15) is 14.0 Å². The molecule has 2 atom stereocenters. The Bertz CT molecular complexity index is 639. The summed E-state index contributed by atoms with van der Waals surface area (Å²) in [5, 5.41) is -0.0312. The zero-order valence-electron chi connectivity index (χ0n) is 13.5. The minimum absolute atomic E-state index is 0.0312. The predicted octanol–water partition coefficient (Wildman–Crippen LogP) is 2.67. The van der Waals surface area contributed by atoms with Crippen LogP contribution in [0.1, 0.15) is 19.4 Å². The van der Waals surface area contributed by atoms with Crippen molar-refractivity contribution in [2.24, 2.45) is 0 Å². The zero-order chi connectivity index (χ0) is 17.7. The highest BCUT2D eigenvalue weighted by molar-refractivity contribution is 6.30. The average Bonchev–Trinajstić information content (AvgIpc) is 2.52. The van der Waals surface area contributed by atoms with E-state index in [1.165, 1.54) is 30.4 Å². The zero-order valence-corrected chi connectivity index (χ0v) is 14.3. The molecule has 1 amide bonds. The summed E-state index contributed by atoms with van der Waals surface area (Å²) in [4.78, 5) is 25.4. The van der Waals surface area contributed by atoms with Crippen molar-refractivity contribution in [3.8, 4) is 0 Å². The van der Waals surface area contributed by atoms with Crippen molar-refractivity contribution in [2.45, 2.75) is 26.1 Å². The van der Waals surface area contributed by atoms with E-state index < -0.39 is 11.8 Å². The first-order valence-electron chi connectivity index (χ1n) is 7.58. The molecule has 24 heavy (non-hydrogen) atoms. The normalized spacial score (nSPS) is 21.1. The maximum absolute atomic E-state index is 13.0. The molecule has 1 aromatic carbocycles. The van der Waals surface area contributed by atoms with E-state index in [0.29, 0.717) is 18.7 Å². The molecule has 1 aliphatic heterocycles. The van der Waals surface area contributed by atoms with Crippen LogP contribution in [-0.2, 0) is 19.1 Å². The molecular formula is C17H19ClFNO4. The average molecular weight is 356 g/mol. The van der Waals surface area contributed by atoms with E-state index in [1.54, 1.807) is 4.90 Å². The van der Waals surface area contributed by atoms with Gasteiger partial charge in [-0.2, -0.15) is 0 Å². The molecule has 1 saturated heterocycles. The van der Waals surface area contributed by atoms with Crippen LogP contribution in [0.5, 0.6) is 0 Å². The summed E-state index contributed by atoms with van der Waals surface area (Å²) >= 11 is 5.66. The summed E-state index contributed by atoms with van der Waals surface area (Å²) in [6.45, 7) is 4.40. The highest BCUT2D eigenvalue weighted by Crippen LogP contribution is 2.17. The molecule has 0 aromatic heterocycles. The summed E-state index contributed by atoms with van der Waals surface area (Å²) in [5.74, 6) is -1.45. The third-order valence-electron chi connectivity index (χ3n) is 3.47. The van der Waals surface area contributed by atoms with Crippen LogP contribution < -0.4 is 0 Å². The van der Waals surface area contributed by atoms with Crippen molar-refractivity contribution in [3.05, 3.63) is 40.7 Å². The Morgan fingerprint density at radius 3 is 2.67 bits per heavy atom. The Kier molecular flexibility index (Phi) is 6.34. The molecule has 0 bridgehead atoms. The van der Waals surface area contributed by atoms with Crippen LogP contribution in [0.15, 0.2) is 24.3 Å². The Labute approximate surface area is 145 Å². The van der Waals surface area contributed by atoms with Crippen molar-refractivity contribution >= 4 is 29.6 Å². The molecule has 130 valence electrons. The van der Waals surface area contributed by atoms with Crippen LogP contribution in [0.25, 0.3) is 6.08 Å². The summed E-state index contributed by atoms with van der Waals surface area (Å²) < 4.78 is 23.5. The number of halogens is 2. The molecule has 5 nitrogen and oxygen atoms in total. The number of hydrogen-bond acceptors (Lipinski definition) is 4. The molecule has 0 spiro atoms. The van der Waals surface area contributed by atoms with Crippen molar-refractivity contribution in [3.63, 3.8) is 0 Å². The number of esters is 1. The number of ether oxygens (including phenoxy) is 2. The Morgan fingerprint density at radius 2 is 2.04 bits per heavy atom. The standard InChI is InChI=1S/C17H19ClFNO4/c1-11-8-20(9-12(2)24-11)16(21)10-23-17(22)6-4-13-3-5-15(19)14(18)7-13/h3-7,11-12H,8-10H2,1-2H3/b6-4+/t11-,12+. The fourth-order valence-corrected chi connectivity index (χ4v) is 2.62. The minimum atomic E-state index is -0.654. The van der Waals surface area contributed by atoms with E-state index in [-0.39, 0.29) is 29.7 Å². The smallest absolute Gasteiger partial charge is 0.331 e. The lowest BCUT2D eigenvalue weighted by Crippen LogP contribution is -2.49. The van der Waals surface area contributed by atoms with E-state index in [1.807, 2.05) is 13.8 Å². The van der Waals surface area contributed by atoms with Gasteiger partial charge in [0.05, 0.1) is 17.2 Å². The summed E-state index contributed by atoms with van der Waals surface area (Å²) in [7, 11) is 0. The van der Waals surface area contributed by atoms with E-state index in [4.69, 9.17) is 21.1 Å². The van der Waals surface area contributed by atoms with Gasteiger partial charge in [-0.15, -0.1) is 0 Å². The van der Waals surface area contributed by atoms with Crippen LogP contribution in [0.3, 0.4) is 0 Å². The Balaban J connectivity index is 1.83. The number of nitrogens with zero attached hydrogens (tertiary/aromatic N) is 1. The van der Waals surface area contributed by atoms with Gasteiger partial charge in [-0.05, 0) is 37.6 Å². The molecule has 1 heterocycles. The molecule has 7 heteroatoms. The van der Waals surface area contributed by atoms with Gasteiger partial charge in [-0.3, -0.25) is 4.79 Å². The summed E-state index contributed by atoms with van der Waals surface area (Å²) in [5.41, 5.74) is 0.556. The number of rotatable bonds is 4. The van der Waals surface area contributed by atoms with E-state index >= 15 is 0 Å². The Morgan fingerprint density at radius 1 is 1.38 bits per heavy atom. The van der Waals surface area contributed by atoms with Gasteiger partial charge in [0, 0.05) is 19.2 Å². The van der Waals surface area contributed by atoms with Gasteiger partial charge in [-0.25, -0.2) is 9.18 Å². The van der Waals surface area contributed by atoms with Gasteiger partial charge >= 0.3 is 5.97 Å². The van der Waals surface area contributed by atoms with Crippen LogP contribution in [-0.4, -0.2) is 48.7 Å². The van der Waals surface area contributed by atoms with Gasteiger partial charge in [0.2, 0.25) is 0 Å². The number of carbonyl (C=O) groups excluding carboxylic acids is 2. The van der Waals surface area contributed by atoms with E-state index in [0.717, 1.165) is 0 Å². The van der Waals surface area contributed by atoms with Crippen molar-refractivity contribution in [1.29, 1.82) is 0 Å². The van der Waals surface area contributed by atoms with Crippen LogP contribution >= 0.6 is 11.6 Å². The Hall–Kier alpha value is -1.92. The molecule has 2 rings (SSSR count). The molecule has 1 aliphatic rings. The number of benzene rings is 1. The van der Waals surface area contributed by atoms with Crippen molar-refractivity contribution < 1.29 is 23.5 Å². The first kappa shape index (κ1) is 18.4. The fourth-order valence-electron chi connectivity index (χ4n) is 2.43. The van der Waals surface area contributed by atoms with Gasteiger partial charge in [0.1, 0.15) is 5.82 Å². The first-order chi connectivity index (χ1) is 11.3. The van der Waals surface area contributed by atoms with Gasteiger partial charge in [0.15, 0.2) is 6.61 Å². The lowest BCUT2D eigenvalue weighted by Gasteiger charge is -2.35. The quantitative estimate of drug-likeness (QED) is 0.615. The SMILES string of the molecule is C[C@@H]1CN(C(=O)COC(=O)/C=C/c2ccc(F)c(Cl)c2)C[C@H](C)O1. The second-order valence-electron chi connectivity index (χ2n) is 5.67. The lowest BCUT2D eigenvalue weighted by atomic mass is 10.2. The molecule has 0 N–H and O–H groups in total. The third-order valence-corrected chi connectivity index (χ3v) is 3.76. The lowest BCUT2D eigenvalue weighted by molar-refractivity contribution is -0.154. The second-order valence-corrected chi connectivity index (χ2v) is 6.08.